The molecule has 2 atom stereocenters. The van der Waals surface area contributed by atoms with Gasteiger partial charge < -0.3 is 15.0 Å². The van der Waals surface area contributed by atoms with Crippen molar-refractivity contribution in [2.75, 3.05) is 6.61 Å². The Bertz CT molecular complexity index is 262. The molecule has 1 aliphatic rings. The average Bonchev–Trinajstić information content (AvgIpc) is 2.44. The van der Waals surface area contributed by atoms with Crippen LogP contribution in [0.1, 0.15) is 33.6 Å². The van der Waals surface area contributed by atoms with Gasteiger partial charge in [0.2, 0.25) is 5.54 Å². The number of quaternary nitrogens is 1. The van der Waals surface area contributed by atoms with Gasteiger partial charge in [0, 0.05) is 13.3 Å². The van der Waals surface area contributed by atoms with Gasteiger partial charge in [-0.05, 0) is 18.9 Å². The Morgan fingerprint density at radius 1 is 1.71 bits per heavy atom. The fraction of sp³-hybridized carbons (Fsp3) is 0.700. The number of carbonyl (C=O) groups is 1. The summed E-state index contributed by atoms with van der Waals surface area (Å²) in [5.41, 5.74) is 0.0759. The highest BCUT2D eigenvalue weighted by Crippen LogP contribution is 2.21. The van der Waals surface area contributed by atoms with E-state index in [1.807, 2.05) is 6.92 Å². The Kier molecular flexibility index (Phi) is 3.29. The molecule has 1 heterocycles. The highest BCUT2D eigenvalue weighted by molar-refractivity contribution is 5.79. The van der Waals surface area contributed by atoms with E-state index in [-0.39, 0.29) is 5.06 Å². The predicted molar refractivity (Wildman–Crippen MR) is 52.4 cm³/mol. The van der Waals surface area contributed by atoms with Gasteiger partial charge in [0.15, 0.2) is 0 Å². The van der Waals surface area contributed by atoms with Crippen LogP contribution in [0.3, 0.4) is 0 Å². The Hall–Kier alpha value is -0.870. The lowest BCUT2D eigenvalue weighted by molar-refractivity contribution is -0.832. The van der Waals surface area contributed by atoms with E-state index in [4.69, 9.17) is 4.74 Å². The molecule has 1 rings (SSSR count). The van der Waals surface area contributed by atoms with Crippen LogP contribution >= 0.6 is 0 Å². The lowest BCUT2D eigenvalue weighted by Gasteiger charge is -2.31. The molecule has 14 heavy (non-hydrogen) atoms. The van der Waals surface area contributed by atoms with Crippen LogP contribution in [0.25, 0.3) is 0 Å². The zero-order valence-electron chi connectivity index (χ0n) is 8.92. The highest BCUT2D eigenvalue weighted by Gasteiger charge is 2.45. The number of ether oxygens (including phenoxy) is 1. The minimum Gasteiger partial charge on any atom is -0.628 e. The quantitative estimate of drug-likeness (QED) is 0.528. The number of rotatable bonds is 3. The van der Waals surface area contributed by atoms with Crippen LogP contribution in [0, 0.1) is 5.21 Å². The van der Waals surface area contributed by atoms with Crippen LogP contribution in [-0.4, -0.2) is 18.1 Å². The van der Waals surface area contributed by atoms with Crippen molar-refractivity contribution >= 4 is 5.97 Å². The monoisotopic (exact) mass is 199 g/mol. The van der Waals surface area contributed by atoms with E-state index in [1.165, 1.54) is 0 Å². The Morgan fingerprint density at radius 2 is 2.36 bits per heavy atom. The molecule has 0 bridgehead atoms. The molecule has 0 fully saturated rings. The first-order valence-electron chi connectivity index (χ1n) is 4.95. The van der Waals surface area contributed by atoms with E-state index in [0.717, 1.165) is 12.0 Å². The SMILES string of the molecule is CCOC(=O)C1(C)CC(CC)=C[NH+]1[O-]. The van der Waals surface area contributed by atoms with Gasteiger partial charge in [0.05, 0.1) is 12.8 Å². The summed E-state index contributed by atoms with van der Waals surface area (Å²) in [5.74, 6) is -0.398. The van der Waals surface area contributed by atoms with Crippen LogP contribution in [0.4, 0.5) is 0 Å². The van der Waals surface area contributed by atoms with Crippen LogP contribution in [0.15, 0.2) is 11.8 Å². The third-order valence-electron chi connectivity index (χ3n) is 2.64. The van der Waals surface area contributed by atoms with Crippen LogP contribution < -0.4 is 5.06 Å². The van der Waals surface area contributed by atoms with E-state index in [1.54, 1.807) is 20.0 Å². The minimum absolute atomic E-state index is 0.118. The number of nitrogens with one attached hydrogen (secondary N) is 1. The lowest BCUT2D eigenvalue weighted by atomic mass is 9.96. The van der Waals surface area contributed by atoms with Crippen LogP contribution in [0.5, 0.6) is 0 Å². The van der Waals surface area contributed by atoms with Gasteiger partial charge in [-0.15, -0.1) is 0 Å². The van der Waals surface area contributed by atoms with Gasteiger partial charge in [0.1, 0.15) is 0 Å². The van der Waals surface area contributed by atoms with Gasteiger partial charge in [-0.2, -0.15) is 0 Å². The summed E-state index contributed by atoms with van der Waals surface area (Å²) in [6, 6.07) is 0. The Balaban J connectivity index is 2.74. The van der Waals surface area contributed by atoms with Gasteiger partial charge in [-0.3, -0.25) is 0 Å². The largest absolute Gasteiger partial charge is 0.628 e. The third kappa shape index (κ3) is 1.81. The molecule has 4 heteroatoms. The topological polar surface area (TPSA) is 53.8 Å². The zero-order chi connectivity index (χ0) is 10.8. The molecule has 1 aliphatic heterocycles. The number of carbonyl (C=O) groups excluding carboxylic acids is 1. The van der Waals surface area contributed by atoms with Gasteiger partial charge >= 0.3 is 5.97 Å². The van der Waals surface area contributed by atoms with Crippen molar-refractivity contribution in [3.05, 3.63) is 17.0 Å². The van der Waals surface area contributed by atoms with Crippen molar-refractivity contribution in [3.63, 3.8) is 0 Å². The van der Waals surface area contributed by atoms with Gasteiger partial charge in [-0.25, -0.2) is 4.79 Å². The zero-order valence-corrected chi connectivity index (χ0v) is 8.92. The molecule has 4 nitrogen and oxygen atoms in total. The van der Waals surface area contributed by atoms with E-state index in [9.17, 15) is 10.0 Å². The normalized spacial score (nSPS) is 31.4. The van der Waals surface area contributed by atoms with E-state index in [0.29, 0.717) is 13.0 Å². The first kappa shape index (κ1) is 11.2. The fourth-order valence-corrected chi connectivity index (χ4v) is 1.63. The van der Waals surface area contributed by atoms with Crippen molar-refractivity contribution < 1.29 is 14.6 Å². The molecule has 0 aliphatic carbocycles. The summed E-state index contributed by atoms with van der Waals surface area (Å²) in [6.45, 7) is 5.71. The Morgan fingerprint density at radius 3 is 2.79 bits per heavy atom. The number of hydroxylamine groups is 2. The molecule has 80 valence electrons. The molecule has 0 saturated carbocycles. The van der Waals surface area contributed by atoms with Crippen LogP contribution in [0.2, 0.25) is 0 Å². The fourth-order valence-electron chi connectivity index (χ4n) is 1.63. The smallest absolute Gasteiger partial charge is 0.368 e. The maximum atomic E-state index is 11.6. The van der Waals surface area contributed by atoms with Gasteiger partial charge in [0.25, 0.3) is 0 Å². The highest BCUT2D eigenvalue weighted by atomic mass is 16.6. The maximum Gasteiger partial charge on any atom is 0.368 e. The molecule has 0 radical (unpaired) electrons. The van der Waals surface area contributed by atoms with Crippen molar-refractivity contribution in [2.24, 2.45) is 0 Å². The summed E-state index contributed by atoms with van der Waals surface area (Å²) in [5, 5.41) is 11.5. The van der Waals surface area contributed by atoms with Crippen molar-refractivity contribution in [3.8, 4) is 0 Å². The second-order valence-corrected chi connectivity index (χ2v) is 3.75. The number of esters is 1. The van der Waals surface area contributed by atoms with Crippen molar-refractivity contribution in [1.82, 2.24) is 0 Å². The number of hydrogen-bond acceptors (Lipinski definition) is 3. The molecule has 0 aromatic carbocycles. The lowest BCUT2D eigenvalue weighted by Crippen LogP contribution is -3.11. The predicted octanol–water partition coefficient (Wildman–Crippen LogP) is 0.389. The second kappa shape index (κ2) is 4.11. The summed E-state index contributed by atoms with van der Waals surface area (Å²) >= 11 is 0. The van der Waals surface area contributed by atoms with E-state index < -0.39 is 11.5 Å². The molecule has 0 amide bonds. The van der Waals surface area contributed by atoms with E-state index in [2.05, 4.69) is 0 Å². The summed E-state index contributed by atoms with van der Waals surface area (Å²) < 4.78 is 4.90. The van der Waals surface area contributed by atoms with Crippen LogP contribution in [-0.2, 0) is 9.53 Å². The first-order chi connectivity index (χ1) is 6.54. The molecule has 1 N–H and O–H groups in total. The summed E-state index contributed by atoms with van der Waals surface area (Å²) in [7, 11) is 0. The average molecular weight is 199 g/mol. The van der Waals surface area contributed by atoms with Crippen molar-refractivity contribution in [1.29, 1.82) is 0 Å². The van der Waals surface area contributed by atoms with E-state index >= 15 is 0 Å². The standard InChI is InChI=1S/C10H17NO3/c1-4-8-6-10(3,11(13)7-8)9(12)14-5-2/h7,11H,4-6H2,1-3H3. The molecule has 2 unspecified atom stereocenters. The first-order valence-corrected chi connectivity index (χ1v) is 4.95. The molecule has 0 aromatic rings. The van der Waals surface area contributed by atoms with Gasteiger partial charge in [-0.1, -0.05) is 6.92 Å². The summed E-state index contributed by atoms with van der Waals surface area (Å²) in [4.78, 5) is 11.6. The molecule has 0 spiro atoms. The second-order valence-electron chi connectivity index (χ2n) is 3.75. The molecule has 0 aromatic heterocycles. The third-order valence-corrected chi connectivity index (χ3v) is 2.64. The van der Waals surface area contributed by atoms with Crippen molar-refractivity contribution in [2.45, 2.75) is 39.2 Å². The maximum absolute atomic E-state index is 11.6. The summed E-state index contributed by atoms with van der Waals surface area (Å²) in [6.07, 6.45) is 2.92. The minimum atomic E-state index is -0.957. The Labute approximate surface area is 84.1 Å². The molecular formula is C10H17NO3. The number of hydrogen-bond donors (Lipinski definition) is 1. The molecule has 0 saturated heterocycles. The molecular weight excluding hydrogens is 182 g/mol.